The summed E-state index contributed by atoms with van der Waals surface area (Å²) in [5.74, 6) is 0.637. The molecule has 2 aromatic carbocycles. The molecule has 0 atom stereocenters. The van der Waals surface area contributed by atoms with Crippen LogP contribution in [0.3, 0.4) is 0 Å². The number of rotatable bonds is 6. The largest absolute Gasteiger partial charge is 0.492 e. The highest BCUT2D eigenvalue weighted by atomic mass is 32.2. The highest BCUT2D eigenvalue weighted by molar-refractivity contribution is 7.89. The molecule has 0 saturated carbocycles. The fraction of sp³-hybridized carbons (Fsp3) is 0.316. The van der Waals surface area contributed by atoms with Crippen LogP contribution >= 0.6 is 0 Å². The number of aliphatic imine (C=N–C) groups is 1. The smallest absolute Gasteiger partial charge is 0.243 e. The Morgan fingerprint density at radius 1 is 1.16 bits per heavy atom. The van der Waals surface area contributed by atoms with Crippen molar-refractivity contribution in [2.24, 2.45) is 4.99 Å². The summed E-state index contributed by atoms with van der Waals surface area (Å²) in [6.07, 6.45) is 3.19. The normalized spacial score (nSPS) is 13.7. The number of ether oxygens (including phenoxy) is 1. The van der Waals surface area contributed by atoms with Crippen molar-refractivity contribution in [3.63, 3.8) is 0 Å². The van der Waals surface area contributed by atoms with Gasteiger partial charge in [-0.15, -0.1) is 0 Å². The van der Waals surface area contributed by atoms with Gasteiger partial charge in [-0.2, -0.15) is 4.31 Å². The summed E-state index contributed by atoms with van der Waals surface area (Å²) in [5, 5.41) is 0. The van der Waals surface area contributed by atoms with Gasteiger partial charge < -0.3 is 4.74 Å². The highest BCUT2D eigenvalue weighted by Crippen LogP contribution is 2.39. The lowest BCUT2D eigenvalue weighted by atomic mass is 10.0. The van der Waals surface area contributed by atoms with E-state index in [1.807, 2.05) is 43.5 Å². The number of hydrogen-bond donors (Lipinski definition) is 0. The van der Waals surface area contributed by atoms with Crippen LogP contribution in [0.5, 0.6) is 5.75 Å². The Labute approximate surface area is 149 Å². The van der Waals surface area contributed by atoms with Crippen LogP contribution in [0.4, 0.5) is 5.69 Å². The summed E-state index contributed by atoms with van der Waals surface area (Å²) < 4.78 is 33.2. The van der Waals surface area contributed by atoms with Crippen LogP contribution in [-0.4, -0.2) is 32.6 Å². The van der Waals surface area contributed by atoms with E-state index in [0.29, 0.717) is 35.9 Å². The van der Waals surface area contributed by atoms with Gasteiger partial charge in [-0.3, -0.25) is 4.99 Å². The van der Waals surface area contributed by atoms with Crippen LogP contribution in [0, 0.1) is 0 Å². The van der Waals surface area contributed by atoms with Gasteiger partial charge in [-0.05, 0) is 37.5 Å². The van der Waals surface area contributed by atoms with Gasteiger partial charge in [-0.25, -0.2) is 8.42 Å². The zero-order chi connectivity index (χ0) is 17.9. The van der Waals surface area contributed by atoms with E-state index in [0.717, 1.165) is 17.5 Å². The van der Waals surface area contributed by atoms with E-state index in [-0.39, 0.29) is 0 Å². The molecule has 6 heteroatoms. The van der Waals surface area contributed by atoms with E-state index in [1.165, 1.54) is 4.31 Å². The molecule has 0 radical (unpaired) electrons. The molecule has 5 nitrogen and oxygen atoms in total. The van der Waals surface area contributed by atoms with Gasteiger partial charge in [0.15, 0.2) is 0 Å². The van der Waals surface area contributed by atoms with Gasteiger partial charge >= 0.3 is 0 Å². The Balaban J connectivity index is 1.98. The topological polar surface area (TPSA) is 59.0 Å². The van der Waals surface area contributed by atoms with Gasteiger partial charge in [-0.1, -0.05) is 30.3 Å². The molecule has 25 heavy (non-hydrogen) atoms. The van der Waals surface area contributed by atoms with Crippen LogP contribution in [0.25, 0.3) is 0 Å². The second-order valence-electron chi connectivity index (χ2n) is 5.92. The molecule has 0 saturated heterocycles. The standard InChI is InChI=1S/C19H22N2O3S/c1-3-24-17-11-12-18(16-10-7-13-20-19(16)17)25(22,23)21(2)14-15-8-5-4-6-9-15/h4-6,8-9,11-13H,3,7,10,14H2,1-2H3. The van der Waals surface area contributed by atoms with Crippen LogP contribution in [0.15, 0.2) is 52.4 Å². The van der Waals surface area contributed by atoms with Crippen LogP contribution in [-0.2, 0) is 23.0 Å². The summed E-state index contributed by atoms with van der Waals surface area (Å²) in [4.78, 5) is 4.72. The van der Waals surface area contributed by atoms with Crippen molar-refractivity contribution in [3.8, 4) is 5.75 Å². The molecule has 0 spiro atoms. The molecular formula is C19H22N2O3S. The first-order chi connectivity index (χ1) is 12.0. The summed E-state index contributed by atoms with van der Waals surface area (Å²) >= 11 is 0. The fourth-order valence-corrected chi connectivity index (χ4v) is 4.36. The SMILES string of the molecule is CCOc1ccc(S(=O)(=O)N(C)Cc2ccccc2)c2c1N=CCC2. The fourth-order valence-electron chi connectivity index (χ4n) is 2.95. The zero-order valence-electron chi connectivity index (χ0n) is 14.5. The van der Waals surface area contributed by atoms with Crippen molar-refractivity contribution in [1.82, 2.24) is 4.31 Å². The van der Waals surface area contributed by atoms with E-state index >= 15 is 0 Å². The van der Waals surface area contributed by atoms with E-state index in [4.69, 9.17) is 4.74 Å². The van der Waals surface area contributed by atoms with Crippen molar-refractivity contribution >= 4 is 21.9 Å². The second-order valence-corrected chi connectivity index (χ2v) is 7.93. The maximum atomic E-state index is 13.1. The van der Waals surface area contributed by atoms with Gasteiger partial charge in [0, 0.05) is 25.4 Å². The molecule has 1 aliphatic heterocycles. The van der Waals surface area contributed by atoms with Crippen LogP contribution in [0.2, 0.25) is 0 Å². The van der Waals surface area contributed by atoms with Crippen LogP contribution < -0.4 is 4.74 Å². The molecule has 1 aliphatic rings. The van der Waals surface area contributed by atoms with E-state index < -0.39 is 10.0 Å². The molecular weight excluding hydrogens is 336 g/mol. The minimum absolute atomic E-state index is 0.321. The molecule has 0 aliphatic carbocycles. The molecule has 0 amide bonds. The Hall–Kier alpha value is -2.18. The number of nitrogens with zero attached hydrogens (tertiary/aromatic N) is 2. The molecule has 0 aromatic heterocycles. The molecule has 0 unspecified atom stereocenters. The van der Waals surface area contributed by atoms with Crippen molar-refractivity contribution in [2.75, 3.05) is 13.7 Å². The van der Waals surface area contributed by atoms with Crippen molar-refractivity contribution in [3.05, 3.63) is 53.6 Å². The maximum Gasteiger partial charge on any atom is 0.243 e. The summed E-state index contributed by atoms with van der Waals surface area (Å²) in [6, 6.07) is 12.9. The Bertz CT molecular complexity index is 877. The first-order valence-corrected chi connectivity index (χ1v) is 9.79. The Morgan fingerprint density at radius 2 is 1.92 bits per heavy atom. The highest BCUT2D eigenvalue weighted by Gasteiger charge is 2.28. The zero-order valence-corrected chi connectivity index (χ0v) is 15.3. The lowest BCUT2D eigenvalue weighted by Gasteiger charge is -2.22. The minimum Gasteiger partial charge on any atom is -0.492 e. The third-order valence-corrected chi connectivity index (χ3v) is 6.07. The third-order valence-electron chi connectivity index (χ3n) is 4.18. The van der Waals surface area contributed by atoms with Gasteiger partial charge in [0.2, 0.25) is 10.0 Å². The van der Waals surface area contributed by atoms with E-state index in [1.54, 1.807) is 19.2 Å². The monoisotopic (exact) mass is 358 g/mol. The number of hydrogen-bond acceptors (Lipinski definition) is 4. The predicted molar refractivity (Wildman–Crippen MR) is 99.2 cm³/mol. The Morgan fingerprint density at radius 3 is 2.64 bits per heavy atom. The molecule has 0 fully saturated rings. The van der Waals surface area contributed by atoms with E-state index in [2.05, 4.69) is 4.99 Å². The summed E-state index contributed by atoms with van der Waals surface area (Å²) in [5.41, 5.74) is 2.34. The molecule has 0 N–H and O–H groups in total. The van der Waals surface area contributed by atoms with Crippen molar-refractivity contribution in [2.45, 2.75) is 31.2 Å². The van der Waals surface area contributed by atoms with Gasteiger partial charge in [0.1, 0.15) is 11.4 Å². The average Bonchev–Trinajstić information content (AvgIpc) is 2.63. The quantitative estimate of drug-likeness (QED) is 0.793. The van der Waals surface area contributed by atoms with E-state index in [9.17, 15) is 8.42 Å². The van der Waals surface area contributed by atoms with Crippen molar-refractivity contribution in [1.29, 1.82) is 0 Å². The van der Waals surface area contributed by atoms with Gasteiger partial charge in [0.25, 0.3) is 0 Å². The molecule has 0 bridgehead atoms. The number of sulfonamides is 1. The number of fused-ring (bicyclic) bond motifs is 1. The summed E-state index contributed by atoms with van der Waals surface area (Å²) in [7, 11) is -2.00. The maximum absolute atomic E-state index is 13.1. The molecule has 2 aromatic rings. The summed E-state index contributed by atoms with van der Waals surface area (Å²) in [6.45, 7) is 2.74. The van der Waals surface area contributed by atoms with Crippen molar-refractivity contribution < 1.29 is 13.2 Å². The molecule has 132 valence electrons. The lowest BCUT2D eigenvalue weighted by Crippen LogP contribution is -2.27. The molecule has 1 heterocycles. The average molecular weight is 358 g/mol. The second kappa shape index (κ2) is 7.37. The van der Waals surface area contributed by atoms with Crippen LogP contribution in [0.1, 0.15) is 24.5 Å². The molecule has 3 rings (SSSR count). The lowest BCUT2D eigenvalue weighted by molar-refractivity contribution is 0.340. The third kappa shape index (κ3) is 3.60. The Kier molecular flexibility index (Phi) is 5.20. The first-order valence-electron chi connectivity index (χ1n) is 8.35. The minimum atomic E-state index is -3.61. The number of benzene rings is 2. The first kappa shape index (κ1) is 17.6. The van der Waals surface area contributed by atoms with Gasteiger partial charge in [0.05, 0.1) is 11.5 Å². The predicted octanol–water partition coefficient (Wildman–Crippen LogP) is 3.55.